The number of rotatable bonds is 2. The Bertz CT molecular complexity index is 271. The van der Waals surface area contributed by atoms with Crippen LogP contribution in [0.4, 0.5) is 4.39 Å². The molecule has 0 aromatic carbocycles. The van der Waals surface area contributed by atoms with Crippen LogP contribution in [-0.4, -0.2) is 11.5 Å². The molecular weight excluding hydrogens is 155 g/mol. The molecule has 0 aliphatic carbocycles. The van der Waals surface area contributed by atoms with Gasteiger partial charge in [0.05, 0.1) is 5.69 Å². The third-order valence-electron chi connectivity index (χ3n) is 1.92. The number of aromatic nitrogens is 1. The average molecular weight is 168 g/mol. The molecule has 1 aromatic heterocycles. The molecule has 0 saturated carbocycles. The van der Waals surface area contributed by atoms with Gasteiger partial charge in [-0.2, -0.15) is 4.39 Å². The maximum atomic E-state index is 12.7. The van der Waals surface area contributed by atoms with Crippen LogP contribution in [0.3, 0.4) is 0 Å². The van der Waals surface area contributed by atoms with E-state index in [1.165, 1.54) is 6.07 Å². The van der Waals surface area contributed by atoms with Crippen molar-refractivity contribution >= 4 is 0 Å². The van der Waals surface area contributed by atoms with Gasteiger partial charge in [0.1, 0.15) is 0 Å². The van der Waals surface area contributed by atoms with Crippen molar-refractivity contribution in [1.82, 2.24) is 4.98 Å². The standard InChI is InChI=1S/C9H13FN2/c1-9(2,6-11)7-4-3-5-8(10)12-7/h3-5H,6,11H2,1-2H3. The highest BCUT2D eigenvalue weighted by Crippen LogP contribution is 2.18. The Hall–Kier alpha value is -0.960. The summed E-state index contributed by atoms with van der Waals surface area (Å²) >= 11 is 0. The second-order valence-corrected chi connectivity index (χ2v) is 3.43. The molecule has 12 heavy (non-hydrogen) atoms. The molecule has 3 heteroatoms. The molecule has 0 bridgehead atoms. The lowest BCUT2D eigenvalue weighted by Crippen LogP contribution is -2.29. The molecule has 0 saturated heterocycles. The maximum absolute atomic E-state index is 12.7. The van der Waals surface area contributed by atoms with Crippen molar-refractivity contribution in [2.24, 2.45) is 5.73 Å². The highest BCUT2D eigenvalue weighted by Gasteiger charge is 2.19. The van der Waals surface area contributed by atoms with Gasteiger partial charge in [0.15, 0.2) is 0 Å². The Morgan fingerprint density at radius 2 is 2.17 bits per heavy atom. The topological polar surface area (TPSA) is 38.9 Å². The summed E-state index contributed by atoms with van der Waals surface area (Å²) in [7, 11) is 0. The van der Waals surface area contributed by atoms with Gasteiger partial charge >= 0.3 is 0 Å². The fourth-order valence-electron chi connectivity index (χ4n) is 0.890. The summed E-state index contributed by atoms with van der Waals surface area (Å²) in [6.45, 7) is 4.34. The molecule has 0 unspecified atom stereocenters. The zero-order valence-corrected chi connectivity index (χ0v) is 7.34. The van der Waals surface area contributed by atoms with Crippen molar-refractivity contribution in [3.63, 3.8) is 0 Å². The number of halogens is 1. The second kappa shape index (κ2) is 3.19. The van der Waals surface area contributed by atoms with Gasteiger partial charge in [0.25, 0.3) is 0 Å². The minimum absolute atomic E-state index is 0.248. The van der Waals surface area contributed by atoms with Gasteiger partial charge in [-0.15, -0.1) is 0 Å². The molecule has 0 fully saturated rings. The van der Waals surface area contributed by atoms with Crippen molar-refractivity contribution < 1.29 is 4.39 Å². The van der Waals surface area contributed by atoms with E-state index in [4.69, 9.17) is 5.73 Å². The van der Waals surface area contributed by atoms with Crippen LogP contribution in [0.2, 0.25) is 0 Å². The van der Waals surface area contributed by atoms with Crippen LogP contribution < -0.4 is 5.73 Å². The lowest BCUT2D eigenvalue weighted by Gasteiger charge is -2.21. The Morgan fingerprint density at radius 3 is 2.67 bits per heavy atom. The zero-order valence-electron chi connectivity index (χ0n) is 7.34. The maximum Gasteiger partial charge on any atom is 0.213 e. The van der Waals surface area contributed by atoms with Gasteiger partial charge in [-0.3, -0.25) is 0 Å². The number of nitrogens with two attached hydrogens (primary N) is 1. The van der Waals surface area contributed by atoms with E-state index in [1.807, 2.05) is 13.8 Å². The van der Waals surface area contributed by atoms with E-state index in [0.29, 0.717) is 12.2 Å². The van der Waals surface area contributed by atoms with Crippen LogP contribution in [0.15, 0.2) is 18.2 Å². The predicted octanol–water partition coefficient (Wildman–Crippen LogP) is 1.46. The van der Waals surface area contributed by atoms with Gasteiger partial charge in [-0.25, -0.2) is 4.98 Å². The monoisotopic (exact) mass is 168 g/mol. The van der Waals surface area contributed by atoms with E-state index < -0.39 is 5.95 Å². The van der Waals surface area contributed by atoms with Crippen LogP contribution in [0.25, 0.3) is 0 Å². The summed E-state index contributed by atoms with van der Waals surface area (Å²) in [6, 6.07) is 4.76. The molecule has 0 atom stereocenters. The largest absolute Gasteiger partial charge is 0.330 e. The Balaban J connectivity index is 3.03. The lowest BCUT2D eigenvalue weighted by atomic mass is 9.89. The van der Waals surface area contributed by atoms with Crippen molar-refractivity contribution in [2.45, 2.75) is 19.3 Å². The highest BCUT2D eigenvalue weighted by molar-refractivity contribution is 5.15. The van der Waals surface area contributed by atoms with Gasteiger partial charge < -0.3 is 5.73 Å². The smallest absolute Gasteiger partial charge is 0.213 e. The molecule has 0 amide bonds. The SMILES string of the molecule is CC(C)(CN)c1cccc(F)n1. The molecule has 0 spiro atoms. The summed E-state index contributed by atoms with van der Waals surface area (Å²) < 4.78 is 12.7. The summed E-state index contributed by atoms with van der Waals surface area (Å²) in [6.07, 6.45) is 0. The van der Waals surface area contributed by atoms with Gasteiger partial charge in [0.2, 0.25) is 5.95 Å². The molecule has 2 N–H and O–H groups in total. The van der Waals surface area contributed by atoms with E-state index in [9.17, 15) is 4.39 Å². The minimum Gasteiger partial charge on any atom is -0.330 e. The van der Waals surface area contributed by atoms with Crippen LogP contribution in [0.5, 0.6) is 0 Å². The predicted molar refractivity (Wildman–Crippen MR) is 46.3 cm³/mol. The van der Waals surface area contributed by atoms with E-state index in [1.54, 1.807) is 12.1 Å². The second-order valence-electron chi connectivity index (χ2n) is 3.43. The molecule has 1 rings (SSSR count). The fourth-order valence-corrected chi connectivity index (χ4v) is 0.890. The number of hydrogen-bond acceptors (Lipinski definition) is 2. The van der Waals surface area contributed by atoms with Crippen molar-refractivity contribution in [2.75, 3.05) is 6.54 Å². The number of nitrogens with zero attached hydrogens (tertiary/aromatic N) is 1. The lowest BCUT2D eigenvalue weighted by molar-refractivity contribution is 0.495. The Labute approximate surface area is 71.6 Å². The molecule has 0 radical (unpaired) electrons. The Morgan fingerprint density at radius 1 is 1.50 bits per heavy atom. The van der Waals surface area contributed by atoms with E-state index >= 15 is 0 Å². The van der Waals surface area contributed by atoms with Crippen LogP contribution in [0, 0.1) is 5.95 Å². The molecule has 2 nitrogen and oxygen atoms in total. The van der Waals surface area contributed by atoms with Gasteiger partial charge in [0, 0.05) is 12.0 Å². The molecule has 0 aliphatic heterocycles. The van der Waals surface area contributed by atoms with E-state index in [-0.39, 0.29) is 5.41 Å². The first-order valence-corrected chi connectivity index (χ1v) is 3.89. The molecule has 0 aliphatic rings. The average Bonchev–Trinajstić information content (AvgIpc) is 2.05. The quantitative estimate of drug-likeness (QED) is 0.679. The van der Waals surface area contributed by atoms with Crippen molar-refractivity contribution in [3.8, 4) is 0 Å². The third kappa shape index (κ3) is 1.80. The summed E-state index contributed by atoms with van der Waals surface area (Å²) in [5.41, 5.74) is 5.98. The zero-order chi connectivity index (χ0) is 9.19. The molecule has 66 valence electrons. The van der Waals surface area contributed by atoms with Crippen LogP contribution in [0.1, 0.15) is 19.5 Å². The van der Waals surface area contributed by atoms with Gasteiger partial charge in [-0.1, -0.05) is 19.9 Å². The number of pyridine rings is 1. The Kier molecular flexibility index (Phi) is 2.43. The normalized spacial score (nSPS) is 11.7. The molecular formula is C9H13FN2. The number of hydrogen-bond donors (Lipinski definition) is 1. The van der Waals surface area contributed by atoms with E-state index in [2.05, 4.69) is 4.98 Å². The highest BCUT2D eigenvalue weighted by atomic mass is 19.1. The van der Waals surface area contributed by atoms with Gasteiger partial charge in [-0.05, 0) is 12.1 Å². The first-order valence-electron chi connectivity index (χ1n) is 3.89. The summed E-state index contributed by atoms with van der Waals surface area (Å²) in [5.74, 6) is -0.450. The third-order valence-corrected chi connectivity index (χ3v) is 1.92. The van der Waals surface area contributed by atoms with Crippen LogP contribution in [-0.2, 0) is 5.41 Å². The van der Waals surface area contributed by atoms with Crippen molar-refractivity contribution in [3.05, 3.63) is 29.8 Å². The minimum atomic E-state index is -0.450. The van der Waals surface area contributed by atoms with Crippen LogP contribution >= 0.6 is 0 Å². The van der Waals surface area contributed by atoms with Crippen molar-refractivity contribution in [1.29, 1.82) is 0 Å². The molecule has 1 heterocycles. The van der Waals surface area contributed by atoms with E-state index in [0.717, 1.165) is 0 Å². The summed E-state index contributed by atoms with van der Waals surface area (Å²) in [4.78, 5) is 3.77. The fraction of sp³-hybridized carbons (Fsp3) is 0.444. The summed E-state index contributed by atoms with van der Waals surface area (Å²) in [5, 5.41) is 0. The molecule has 1 aromatic rings. The first kappa shape index (κ1) is 9.13. The first-order chi connectivity index (χ1) is 5.56.